The van der Waals surface area contributed by atoms with Crippen LogP contribution < -0.4 is 5.73 Å². The Morgan fingerprint density at radius 2 is 2.58 bits per heavy atom. The van der Waals surface area contributed by atoms with Gasteiger partial charge in [0.2, 0.25) is 0 Å². The van der Waals surface area contributed by atoms with Crippen molar-refractivity contribution in [1.82, 2.24) is 9.55 Å². The molecule has 0 saturated heterocycles. The molecule has 0 aliphatic heterocycles. The van der Waals surface area contributed by atoms with E-state index in [1.807, 2.05) is 6.33 Å². The molecule has 1 aliphatic carbocycles. The lowest BCUT2D eigenvalue weighted by Gasteiger charge is -2.18. The molecule has 2 rings (SSSR count). The minimum absolute atomic E-state index is 0.331. The third-order valence-corrected chi connectivity index (χ3v) is 2.58. The molecule has 1 aromatic rings. The summed E-state index contributed by atoms with van der Waals surface area (Å²) in [6.07, 6.45) is 5.11. The summed E-state index contributed by atoms with van der Waals surface area (Å²) in [5.41, 5.74) is 8.47. The molecule has 1 unspecified atom stereocenters. The monoisotopic (exact) mass is 165 g/mol. The Balaban J connectivity index is 2.32. The second-order valence-electron chi connectivity index (χ2n) is 3.43. The van der Waals surface area contributed by atoms with Gasteiger partial charge in [0.15, 0.2) is 0 Å². The lowest BCUT2D eigenvalue weighted by molar-refractivity contribution is 0.546. The van der Waals surface area contributed by atoms with Crippen LogP contribution in [0.2, 0.25) is 0 Å². The zero-order chi connectivity index (χ0) is 8.55. The van der Waals surface area contributed by atoms with E-state index in [1.165, 1.54) is 11.4 Å². The van der Waals surface area contributed by atoms with Gasteiger partial charge in [0.25, 0.3) is 0 Å². The van der Waals surface area contributed by atoms with Crippen molar-refractivity contribution in [2.24, 2.45) is 5.73 Å². The smallest absolute Gasteiger partial charge is 0.0951 e. The first-order valence-electron chi connectivity index (χ1n) is 4.59. The third-order valence-electron chi connectivity index (χ3n) is 2.58. The maximum atomic E-state index is 5.85. The highest BCUT2D eigenvalue weighted by Gasteiger charge is 2.19. The molecular weight excluding hydrogens is 150 g/mol. The molecule has 0 spiro atoms. The fourth-order valence-corrected chi connectivity index (χ4v) is 1.85. The Bertz CT molecular complexity index is 277. The van der Waals surface area contributed by atoms with Crippen LogP contribution >= 0.6 is 0 Å². The summed E-state index contributed by atoms with van der Waals surface area (Å²) in [5, 5.41) is 0. The second-order valence-corrected chi connectivity index (χ2v) is 3.43. The molecule has 2 N–H and O–H groups in total. The van der Waals surface area contributed by atoms with E-state index in [4.69, 9.17) is 5.73 Å². The molecular formula is C9H15N3. The minimum atomic E-state index is 0.331. The molecule has 0 fully saturated rings. The van der Waals surface area contributed by atoms with Crippen molar-refractivity contribution >= 4 is 0 Å². The molecule has 1 aliphatic rings. The Labute approximate surface area is 72.6 Å². The molecule has 0 saturated carbocycles. The topological polar surface area (TPSA) is 43.8 Å². The SMILES string of the molecule is CCn1cnc2c1CCC(N)C2. The highest BCUT2D eigenvalue weighted by molar-refractivity contribution is 5.18. The van der Waals surface area contributed by atoms with Gasteiger partial charge < -0.3 is 10.3 Å². The van der Waals surface area contributed by atoms with Gasteiger partial charge in [-0.25, -0.2) is 4.98 Å². The zero-order valence-corrected chi connectivity index (χ0v) is 7.45. The largest absolute Gasteiger partial charge is 0.335 e. The zero-order valence-electron chi connectivity index (χ0n) is 7.45. The Hall–Kier alpha value is -0.830. The first-order valence-corrected chi connectivity index (χ1v) is 4.59. The van der Waals surface area contributed by atoms with E-state index in [-0.39, 0.29) is 0 Å². The molecule has 3 nitrogen and oxygen atoms in total. The molecule has 3 heteroatoms. The lowest BCUT2D eigenvalue weighted by Crippen LogP contribution is -2.28. The standard InChI is InChI=1S/C9H15N3/c1-2-12-6-11-8-5-7(10)3-4-9(8)12/h6-7H,2-5,10H2,1H3. The van der Waals surface area contributed by atoms with Crippen LogP contribution in [0.4, 0.5) is 0 Å². The number of nitrogens with two attached hydrogens (primary N) is 1. The first-order chi connectivity index (χ1) is 5.81. The van der Waals surface area contributed by atoms with Gasteiger partial charge >= 0.3 is 0 Å². The summed E-state index contributed by atoms with van der Waals surface area (Å²) in [6.45, 7) is 3.17. The van der Waals surface area contributed by atoms with Crippen LogP contribution in [0.5, 0.6) is 0 Å². The number of rotatable bonds is 1. The minimum Gasteiger partial charge on any atom is -0.335 e. The summed E-state index contributed by atoms with van der Waals surface area (Å²) in [6, 6.07) is 0.331. The van der Waals surface area contributed by atoms with Gasteiger partial charge in [-0.15, -0.1) is 0 Å². The molecule has 0 amide bonds. The van der Waals surface area contributed by atoms with Crippen LogP contribution in [0, 0.1) is 0 Å². The molecule has 0 bridgehead atoms. The molecule has 66 valence electrons. The van der Waals surface area contributed by atoms with Crippen LogP contribution in [0.15, 0.2) is 6.33 Å². The van der Waals surface area contributed by atoms with Crippen LogP contribution in [0.25, 0.3) is 0 Å². The van der Waals surface area contributed by atoms with Gasteiger partial charge in [0, 0.05) is 24.7 Å². The van der Waals surface area contributed by atoms with Crippen molar-refractivity contribution in [2.75, 3.05) is 0 Å². The molecule has 1 atom stereocenters. The van der Waals surface area contributed by atoms with Crippen LogP contribution in [-0.2, 0) is 19.4 Å². The third kappa shape index (κ3) is 1.14. The van der Waals surface area contributed by atoms with Crippen molar-refractivity contribution in [3.8, 4) is 0 Å². The number of aromatic nitrogens is 2. The number of nitrogens with zero attached hydrogens (tertiary/aromatic N) is 2. The summed E-state index contributed by atoms with van der Waals surface area (Å²) in [4.78, 5) is 4.36. The Morgan fingerprint density at radius 3 is 3.33 bits per heavy atom. The summed E-state index contributed by atoms with van der Waals surface area (Å²) < 4.78 is 2.22. The van der Waals surface area contributed by atoms with Crippen molar-refractivity contribution in [2.45, 2.75) is 38.8 Å². The quantitative estimate of drug-likeness (QED) is 0.666. The highest BCUT2D eigenvalue weighted by atomic mass is 15.1. The van der Waals surface area contributed by atoms with Gasteiger partial charge in [-0.3, -0.25) is 0 Å². The van der Waals surface area contributed by atoms with E-state index < -0.39 is 0 Å². The van der Waals surface area contributed by atoms with E-state index in [0.29, 0.717) is 6.04 Å². The second kappa shape index (κ2) is 2.90. The molecule has 12 heavy (non-hydrogen) atoms. The lowest BCUT2D eigenvalue weighted by atomic mass is 9.97. The first kappa shape index (κ1) is 7.80. The summed E-state index contributed by atoms with van der Waals surface area (Å²) in [7, 11) is 0. The van der Waals surface area contributed by atoms with Gasteiger partial charge in [0.05, 0.1) is 12.0 Å². The average molecular weight is 165 g/mol. The van der Waals surface area contributed by atoms with Crippen molar-refractivity contribution < 1.29 is 0 Å². The maximum Gasteiger partial charge on any atom is 0.0951 e. The normalized spacial score (nSPS) is 22.3. The predicted octanol–water partition coefficient (Wildman–Crippen LogP) is 0.719. The van der Waals surface area contributed by atoms with Crippen LogP contribution in [0.1, 0.15) is 24.7 Å². The number of hydrogen-bond acceptors (Lipinski definition) is 2. The van der Waals surface area contributed by atoms with Crippen LogP contribution in [0.3, 0.4) is 0 Å². The van der Waals surface area contributed by atoms with Gasteiger partial charge in [-0.05, 0) is 19.8 Å². The van der Waals surface area contributed by atoms with Crippen molar-refractivity contribution in [3.63, 3.8) is 0 Å². The van der Waals surface area contributed by atoms with Gasteiger partial charge in [-0.2, -0.15) is 0 Å². The average Bonchev–Trinajstić information content (AvgIpc) is 2.46. The van der Waals surface area contributed by atoms with E-state index >= 15 is 0 Å². The van der Waals surface area contributed by atoms with E-state index in [0.717, 1.165) is 25.8 Å². The van der Waals surface area contributed by atoms with Crippen molar-refractivity contribution in [3.05, 3.63) is 17.7 Å². The molecule has 1 heterocycles. The van der Waals surface area contributed by atoms with Gasteiger partial charge in [0.1, 0.15) is 0 Å². The highest BCUT2D eigenvalue weighted by Crippen LogP contribution is 2.18. The summed E-state index contributed by atoms with van der Waals surface area (Å²) in [5.74, 6) is 0. The van der Waals surface area contributed by atoms with Crippen molar-refractivity contribution in [1.29, 1.82) is 0 Å². The van der Waals surface area contributed by atoms with E-state index in [1.54, 1.807) is 0 Å². The van der Waals surface area contributed by atoms with Gasteiger partial charge in [-0.1, -0.05) is 0 Å². The Morgan fingerprint density at radius 1 is 1.75 bits per heavy atom. The number of fused-ring (bicyclic) bond motifs is 1. The number of hydrogen-bond donors (Lipinski definition) is 1. The molecule has 1 aromatic heterocycles. The number of imidazole rings is 1. The van der Waals surface area contributed by atoms with E-state index in [9.17, 15) is 0 Å². The predicted molar refractivity (Wildman–Crippen MR) is 47.9 cm³/mol. The number of aryl methyl sites for hydroxylation is 1. The maximum absolute atomic E-state index is 5.85. The molecule has 0 radical (unpaired) electrons. The molecule has 0 aromatic carbocycles. The van der Waals surface area contributed by atoms with Crippen LogP contribution in [-0.4, -0.2) is 15.6 Å². The fraction of sp³-hybridized carbons (Fsp3) is 0.667. The summed E-state index contributed by atoms with van der Waals surface area (Å²) >= 11 is 0. The van der Waals surface area contributed by atoms with E-state index in [2.05, 4.69) is 16.5 Å². The fourth-order valence-electron chi connectivity index (χ4n) is 1.85. The Kier molecular flexibility index (Phi) is 1.89.